The molecule has 0 saturated carbocycles. The fourth-order valence-electron chi connectivity index (χ4n) is 1.15. The van der Waals surface area contributed by atoms with Crippen LogP contribution in [0, 0.1) is 0 Å². The number of hydrogen-bond donors (Lipinski definition) is 3. The van der Waals surface area contributed by atoms with Crippen LogP contribution in [0.1, 0.15) is 6.92 Å². The smallest absolute Gasteiger partial charge is 0.321 e. The molecule has 17 heavy (non-hydrogen) atoms. The summed E-state index contributed by atoms with van der Waals surface area (Å²) in [6.45, 7) is 0.676. The second kappa shape index (κ2) is 8.82. The van der Waals surface area contributed by atoms with Gasteiger partial charge in [0.05, 0.1) is 19.7 Å². The number of urea groups is 1. The van der Waals surface area contributed by atoms with Gasteiger partial charge >= 0.3 is 6.03 Å². The third-order valence-corrected chi connectivity index (χ3v) is 1.77. The molecule has 0 aliphatic heterocycles. The molecule has 0 aromatic rings. The van der Waals surface area contributed by atoms with Crippen LogP contribution < -0.4 is 10.6 Å². The van der Waals surface area contributed by atoms with Crippen LogP contribution in [0.4, 0.5) is 13.6 Å². The second-order valence-electron chi connectivity index (χ2n) is 3.26. The maximum absolute atomic E-state index is 12.1. The van der Waals surface area contributed by atoms with Crippen molar-refractivity contribution in [3.8, 4) is 0 Å². The van der Waals surface area contributed by atoms with Gasteiger partial charge in [-0.3, -0.25) is 15.0 Å². The fraction of sp³-hybridized carbons (Fsp3) is 0.778. The monoisotopic (exact) mass is 253 g/mol. The van der Waals surface area contributed by atoms with Crippen molar-refractivity contribution < 1.29 is 23.5 Å². The van der Waals surface area contributed by atoms with Crippen molar-refractivity contribution in [1.29, 1.82) is 0 Å². The molecule has 0 aliphatic carbocycles. The normalized spacial score (nSPS) is 10.7. The zero-order valence-corrected chi connectivity index (χ0v) is 9.58. The van der Waals surface area contributed by atoms with Crippen LogP contribution in [-0.2, 0) is 4.79 Å². The van der Waals surface area contributed by atoms with Gasteiger partial charge in [0.25, 0.3) is 6.43 Å². The summed E-state index contributed by atoms with van der Waals surface area (Å²) in [5.41, 5.74) is 0. The quantitative estimate of drug-likeness (QED) is 0.565. The largest absolute Gasteiger partial charge is 0.395 e. The minimum atomic E-state index is -2.60. The lowest BCUT2D eigenvalue weighted by molar-refractivity contribution is -0.121. The van der Waals surface area contributed by atoms with Crippen molar-refractivity contribution in [2.45, 2.75) is 13.3 Å². The van der Waals surface area contributed by atoms with E-state index in [0.717, 1.165) is 4.90 Å². The number of aliphatic hydroxyl groups is 1. The van der Waals surface area contributed by atoms with E-state index in [9.17, 15) is 18.4 Å². The van der Waals surface area contributed by atoms with Crippen LogP contribution in [0.5, 0.6) is 0 Å². The van der Waals surface area contributed by atoms with Crippen molar-refractivity contribution in [3.05, 3.63) is 0 Å². The van der Waals surface area contributed by atoms with Gasteiger partial charge in [0, 0.05) is 13.1 Å². The molecule has 0 rings (SSSR count). The molecule has 3 N–H and O–H groups in total. The standard InChI is InChI=1S/C9H17F2N3O3/c1-2-12-9(17)13-8(16)6-14(3-4-15)5-7(10)11/h7,15H,2-6H2,1H3,(H2,12,13,16,17). The number of nitrogens with one attached hydrogen (secondary N) is 2. The van der Waals surface area contributed by atoms with Gasteiger partial charge in [-0.15, -0.1) is 0 Å². The molecular weight excluding hydrogens is 236 g/mol. The molecule has 0 radical (unpaired) electrons. The van der Waals surface area contributed by atoms with E-state index in [-0.39, 0.29) is 19.7 Å². The molecule has 0 aromatic heterocycles. The first-order chi connectivity index (χ1) is 7.99. The Morgan fingerprint density at radius 1 is 1.41 bits per heavy atom. The van der Waals surface area contributed by atoms with Crippen molar-refractivity contribution >= 4 is 11.9 Å². The molecule has 0 saturated heterocycles. The number of aliphatic hydroxyl groups excluding tert-OH is 1. The number of carbonyl (C=O) groups is 2. The van der Waals surface area contributed by atoms with Gasteiger partial charge in [-0.05, 0) is 6.92 Å². The number of alkyl halides is 2. The summed E-state index contributed by atoms with van der Waals surface area (Å²) in [5, 5.41) is 13.0. The van der Waals surface area contributed by atoms with Crippen LogP contribution in [0.25, 0.3) is 0 Å². The molecule has 0 bridgehead atoms. The molecule has 0 unspecified atom stereocenters. The van der Waals surface area contributed by atoms with Gasteiger partial charge in [0.1, 0.15) is 0 Å². The molecule has 0 fully saturated rings. The number of imide groups is 1. The summed E-state index contributed by atoms with van der Waals surface area (Å²) in [4.78, 5) is 23.3. The van der Waals surface area contributed by atoms with E-state index in [1.807, 2.05) is 5.32 Å². The average Bonchev–Trinajstić information content (AvgIpc) is 2.16. The Hall–Kier alpha value is -1.28. The lowest BCUT2D eigenvalue weighted by Crippen LogP contribution is -2.46. The highest BCUT2D eigenvalue weighted by atomic mass is 19.3. The van der Waals surface area contributed by atoms with E-state index in [1.54, 1.807) is 6.92 Å². The van der Waals surface area contributed by atoms with Crippen LogP contribution in [0.2, 0.25) is 0 Å². The van der Waals surface area contributed by atoms with E-state index in [4.69, 9.17) is 5.11 Å². The summed E-state index contributed by atoms with van der Waals surface area (Å²) in [7, 11) is 0. The SMILES string of the molecule is CCNC(=O)NC(=O)CN(CCO)CC(F)F. The van der Waals surface area contributed by atoms with Crippen molar-refractivity contribution in [2.24, 2.45) is 0 Å². The van der Waals surface area contributed by atoms with Gasteiger partial charge in [-0.2, -0.15) is 0 Å². The third-order valence-electron chi connectivity index (χ3n) is 1.77. The van der Waals surface area contributed by atoms with Crippen LogP contribution in [0.15, 0.2) is 0 Å². The molecule has 100 valence electrons. The molecular formula is C9H17F2N3O3. The van der Waals surface area contributed by atoms with E-state index in [1.165, 1.54) is 0 Å². The fourth-order valence-corrected chi connectivity index (χ4v) is 1.15. The van der Waals surface area contributed by atoms with Crippen molar-refractivity contribution in [2.75, 3.05) is 32.8 Å². The molecule has 0 aliphatic rings. The Morgan fingerprint density at radius 2 is 2.06 bits per heavy atom. The average molecular weight is 253 g/mol. The summed E-state index contributed by atoms with van der Waals surface area (Å²) >= 11 is 0. The lowest BCUT2D eigenvalue weighted by atomic mass is 10.4. The molecule has 0 atom stereocenters. The number of hydrogen-bond acceptors (Lipinski definition) is 4. The summed E-state index contributed by atoms with van der Waals surface area (Å²) in [6.07, 6.45) is -2.60. The number of nitrogens with zero attached hydrogens (tertiary/aromatic N) is 1. The summed E-state index contributed by atoms with van der Waals surface area (Å²) in [5.74, 6) is -0.690. The molecule has 8 heteroatoms. The maximum atomic E-state index is 12.1. The molecule has 6 nitrogen and oxygen atoms in total. The van der Waals surface area contributed by atoms with Crippen LogP contribution in [0.3, 0.4) is 0 Å². The van der Waals surface area contributed by atoms with E-state index < -0.39 is 24.9 Å². The highest BCUT2D eigenvalue weighted by Gasteiger charge is 2.16. The molecule has 3 amide bonds. The summed E-state index contributed by atoms with van der Waals surface area (Å²) in [6, 6.07) is -0.668. The molecule has 0 aromatic carbocycles. The molecule has 0 heterocycles. The number of carbonyl (C=O) groups excluding carboxylic acids is 2. The minimum absolute atomic E-state index is 0.0485. The van der Waals surface area contributed by atoms with Gasteiger partial charge in [0.2, 0.25) is 5.91 Å². The second-order valence-corrected chi connectivity index (χ2v) is 3.26. The predicted octanol–water partition coefficient (Wildman–Crippen LogP) is -0.608. The zero-order valence-electron chi connectivity index (χ0n) is 9.58. The molecule has 0 spiro atoms. The zero-order chi connectivity index (χ0) is 13.3. The highest BCUT2D eigenvalue weighted by Crippen LogP contribution is 1.97. The van der Waals surface area contributed by atoms with E-state index in [2.05, 4.69) is 5.32 Å². The minimum Gasteiger partial charge on any atom is -0.395 e. The Kier molecular flexibility index (Phi) is 8.16. The Bertz CT molecular complexity index is 252. The topological polar surface area (TPSA) is 81.7 Å². The predicted molar refractivity (Wildman–Crippen MR) is 56.7 cm³/mol. The number of amides is 3. The van der Waals surface area contributed by atoms with Gasteiger partial charge in [0.15, 0.2) is 0 Å². The highest BCUT2D eigenvalue weighted by molar-refractivity contribution is 5.95. The first kappa shape index (κ1) is 15.7. The number of halogens is 2. The Labute approximate surface area is 98.0 Å². The maximum Gasteiger partial charge on any atom is 0.321 e. The van der Waals surface area contributed by atoms with E-state index >= 15 is 0 Å². The first-order valence-electron chi connectivity index (χ1n) is 5.18. The Morgan fingerprint density at radius 3 is 2.53 bits per heavy atom. The van der Waals surface area contributed by atoms with Gasteiger partial charge in [-0.1, -0.05) is 0 Å². The van der Waals surface area contributed by atoms with Crippen molar-refractivity contribution in [3.63, 3.8) is 0 Å². The van der Waals surface area contributed by atoms with Crippen LogP contribution in [-0.4, -0.2) is 61.2 Å². The third kappa shape index (κ3) is 8.52. The summed E-state index contributed by atoms with van der Waals surface area (Å²) < 4.78 is 24.2. The van der Waals surface area contributed by atoms with E-state index in [0.29, 0.717) is 6.54 Å². The van der Waals surface area contributed by atoms with Crippen molar-refractivity contribution in [1.82, 2.24) is 15.5 Å². The lowest BCUT2D eigenvalue weighted by Gasteiger charge is -2.19. The van der Waals surface area contributed by atoms with Gasteiger partial charge in [-0.25, -0.2) is 13.6 Å². The van der Waals surface area contributed by atoms with Gasteiger partial charge < -0.3 is 10.4 Å². The Balaban J connectivity index is 4.06. The van der Waals surface area contributed by atoms with Crippen LogP contribution >= 0.6 is 0 Å². The number of rotatable bonds is 7. The first-order valence-corrected chi connectivity index (χ1v) is 5.18.